The summed E-state index contributed by atoms with van der Waals surface area (Å²) in [6, 6.07) is 6.69. The molecule has 0 aromatic heterocycles. The van der Waals surface area contributed by atoms with Crippen molar-refractivity contribution in [3.63, 3.8) is 0 Å². The number of ether oxygens (including phenoxy) is 1. The Balaban J connectivity index is 2.68. The standard InChI is InChI=1S/C17H28N2O4S/c1-4-6-12-19(13-7-5-2)24(21,22)18-14-15-8-10-16(11-9-15)17(20)23-3/h8-11,18H,4-7,12-14H2,1-3H3. The van der Waals surface area contributed by atoms with E-state index in [0.717, 1.165) is 31.2 Å². The average Bonchev–Trinajstić information content (AvgIpc) is 2.59. The summed E-state index contributed by atoms with van der Waals surface area (Å²) >= 11 is 0. The van der Waals surface area contributed by atoms with Crippen molar-refractivity contribution >= 4 is 16.2 Å². The third-order valence-corrected chi connectivity index (χ3v) is 5.25. The Bertz CT molecular complexity index is 592. The van der Waals surface area contributed by atoms with Crippen LogP contribution in [0.4, 0.5) is 0 Å². The van der Waals surface area contributed by atoms with Crippen molar-refractivity contribution in [1.82, 2.24) is 9.03 Å². The summed E-state index contributed by atoms with van der Waals surface area (Å²) in [6.45, 7) is 5.35. The number of hydrogen-bond acceptors (Lipinski definition) is 4. The Morgan fingerprint density at radius 2 is 1.62 bits per heavy atom. The molecule has 0 fully saturated rings. The molecule has 7 heteroatoms. The van der Waals surface area contributed by atoms with Gasteiger partial charge in [0.25, 0.3) is 10.2 Å². The zero-order valence-electron chi connectivity index (χ0n) is 14.7. The van der Waals surface area contributed by atoms with Crippen molar-refractivity contribution in [3.05, 3.63) is 35.4 Å². The first-order valence-electron chi connectivity index (χ1n) is 8.36. The van der Waals surface area contributed by atoms with Crippen molar-refractivity contribution in [2.45, 2.75) is 46.1 Å². The summed E-state index contributed by atoms with van der Waals surface area (Å²) in [4.78, 5) is 11.4. The van der Waals surface area contributed by atoms with E-state index >= 15 is 0 Å². The normalized spacial score (nSPS) is 11.7. The molecule has 1 aromatic carbocycles. The Morgan fingerprint density at radius 1 is 1.08 bits per heavy atom. The van der Waals surface area contributed by atoms with Gasteiger partial charge in [0.15, 0.2) is 0 Å². The van der Waals surface area contributed by atoms with Gasteiger partial charge in [-0.15, -0.1) is 0 Å². The highest BCUT2D eigenvalue weighted by atomic mass is 32.2. The van der Waals surface area contributed by atoms with Gasteiger partial charge in [0, 0.05) is 19.6 Å². The zero-order valence-corrected chi connectivity index (χ0v) is 15.6. The molecule has 0 aliphatic carbocycles. The van der Waals surface area contributed by atoms with Gasteiger partial charge in [-0.1, -0.05) is 38.8 Å². The Labute approximate surface area is 145 Å². The number of unbranched alkanes of at least 4 members (excludes halogenated alkanes) is 2. The van der Waals surface area contributed by atoms with E-state index in [1.54, 1.807) is 24.3 Å². The van der Waals surface area contributed by atoms with Crippen LogP contribution >= 0.6 is 0 Å². The number of benzene rings is 1. The summed E-state index contributed by atoms with van der Waals surface area (Å²) in [5.74, 6) is -0.410. The zero-order chi connectivity index (χ0) is 18.0. The van der Waals surface area contributed by atoms with Crippen molar-refractivity contribution in [3.8, 4) is 0 Å². The fourth-order valence-electron chi connectivity index (χ4n) is 2.16. The highest BCUT2D eigenvalue weighted by Gasteiger charge is 2.20. The lowest BCUT2D eigenvalue weighted by Gasteiger charge is -2.22. The van der Waals surface area contributed by atoms with Crippen LogP contribution in [0.2, 0.25) is 0 Å². The Morgan fingerprint density at radius 3 is 2.08 bits per heavy atom. The molecule has 1 aromatic rings. The van der Waals surface area contributed by atoms with Crippen LogP contribution in [0.5, 0.6) is 0 Å². The van der Waals surface area contributed by atoms with E-state index in [4.69, 9.17) is 0 Å². The lowest BCUT2D eigenvalue weighted by atomic mass is 10.1. The second kappa shape index (κ2) is 10.4. The third kappa shape index (κ3) is 6.59. The monoisotopic (exact) mass is 356 g/mol. The lowest BCUT2D eigenvalue weighted by Crippen LogP contribution is -2.41. The SMILES string of the molecule is CCCCN(CCCC)S(=O)(=O)NCc1ccc(C(=O)OC)cc1. The van der Waals surface area contributed by atoms with Crippen molar-refractivity contribution in [1.29, 1.82) is 0 Å². The minimum atomic E-state index is -3.50. The van der Waals surface area contributed by atoms with E-state index in [9.17, 15) is 13.2 Å². The molecular formula is C17H28N2O4S. The van der Waals surface area contributed by atoms with E-state index in [0.29, 0.717) is 18.7 Å². The molecule has 0 aliphatic heterocycles. The molecule has 0 saturated carbocycles. The fraction of sp³-hybridized carbons (Fsp3) is 0.588. The summed E-state index contributed by atoms with van der Waals surface area (Å²) in [5.41, 5.74) is 1.23. The topological polar surface area (TPSA) is 75.7 Å². The molecule has 0 heterocycles. The largest absolute Gasteiger partial charge is 0.465 e. The lowest BCUT2D eigenvalue weighted by molar-refractivity contribution is 0.0600. The predicted molar refractivity (Wildman–Crippen MR) is 94.9 cm³/mol. The van der Waals surface area contributed by atoms with Crippen molar-refractivity contribution in [2.75, 3.05) is 20.2 Å². The van der Waals surface area contributed by atoms with Gasteiger partial charge in [0.2, 0.25) is 0 Å². The average molecular weight is 356 g/mol. The maximum Gasteiger partial charge on any atom is 0.337 e. The Kier molecular flexibility index (Phi) is 8.95. The smallest absolute Gasteiger partial charge is 0.337 e. The number of carbonyl (C=O) groups is 1. The molecule has 0 atom stereocenters. The quantitative estimate of drug-likeness (QED) is 0.619. The van der Waals surface area contributed by atoms with Crippen LogP contribution in [0, 0.1) is 0 Å². The Hall–Kier alpha value is -1.44. The van der Waals surface area contributed by atoms with E-state index in [1.165, 1.54) is 11.4 Å². The molecule has 0 unspecified atom stereocenters. The van der Waals surface area contributed by atoms with Gasteiger partial charge >= 0.3 is 5.97 Å². The highest BCUT2D eigenvalue weighted by Crippen LogP contribution is 2.08. The summed E-state index contributed by atoms with van der Waals surface area (Å²) in [5, 5.41) is 0. The molecule has 1 N–H and O–H groups in total. The predicted octanol–water partition coefficient (Wildman–Crippen LogP) is 2.71. The van der Waals surface area contributed by atoms with Crippen LogP contribution in [0.1, 0.15) is 55.5 Å². The van der Waals surface area contributed by atoms with Crippen LogP contribution in [0.3, 0.4) is 0 Å². The number of carbonyl (C=O) groups excluding carboxylic acids is 1. The molecule has 0 amide bonds. The highest BCUT2D eigenvalue weighted by molar-refractivity contribution is 7.87. The van der Waals surface area contributed by atoms with Crippen molar-refractivity contribution < 1.29 is 17.9 Å². The van der Waals surface area contributed by atoms with Gasteiger partial charge in [-0.3, -0.25) is 0 Å². The molecule has 0 spiro atoms. The number of methoxy groups -OCH3 is 1. The summed E-state index contributed by atoms with van der Waals surface area (Å²) < 4.78 is 33.8. The summed E-state index contributed by atoms with van der Waals surface area (Å²) in [6.07, 6.45) is 3.59. The first-order chi connectivity index (χ1) is 11.4. The van der Waals surface area contributed by atoms with Gasteiger partial charge in [-0.05, 0) is 30.5 Å². The molecule has 0 saturated heterocycles. The van der Waals surface area contributed by atoms with Crippen LogP contribution in [-0.2, 0) is 21.5 Å². The van der Waals surface area contributed by atoms with E-state index < -0.39 is 16.2 Å². The van der Waals surface area contributed by atoms with Gasteiger partial charge in [0.05, 0.1) is 12.7 Å². The molecular weight excluding hydrogens is 328 g/mol. The van der Waals surface area contributed by atoms with Gasteiger partial charge in [-0.2, -0.15) is 17.4 Å². The first kappa shape index (κ1) is 20.6. The molecule has 136 valence electrons. The van der Waals surface area contributed by atoms with Gasteiger partial charge < -0.3 is 4.74 Å². The van der Waals surface area contributed by atoms with Crippen LogP contribution in [0.25, 0.3) is 0 Å². The molecule has 0 radical (unpaired) electrons. The number of esters is 1. The third-order valence-electron chi connectivity index (χ3n) is 3.70. The van der Waals surface area contributed by atoms with Crippen molar-refractivity contribution in [2.24, 2.45) is 0 Å². The molecule has 1 rings (SSSR count). The number of nitrogens with one attached hydrogen (secondary N) is 1. The van der Waals surface area contributed by atoms with E-state index in [1.807, 2.05) is 13.8 Å². The number of rotatable bonds is 11. The minimum Gasteiger partial charge on any atom is -0.465 e. The summed E-state index contributed by atoms with van der Waals surface area (Å²) in [7, 11) is -2.18. The molecule has 0 aliphatic rings. The second-order valence-electron chi connectivity index (χ2n) is 5.62. The molecule has 0 bridgehead atoms. The maximum absolute atomic E-state index is 12.5. The first-order valence-corrected chi connectivity index (χ1v) is 9.80. The minimum absolute atomic E-state index is 0.193. The van der Waals surface area contributed by atoms with E-state index in [2.05, 4.69) is 9.46 Å². The second-order valence-corrected chi connectivity index (χ2v) is 7.38. The number of hydrogen-bond donors (Lipinski definition) is 1. The van der Waals surface area contributed by atoms with Crippen LogP contribution in [0.15, 0.2) is 24.3 Å². The van der Waals surface area contributed by atoms with Crippen LogP contribution in [-0.4, -0.2) is 38.9 Å². The van der Waals surface area contributed by atoms with Gasteiger partial charge in [-0.25, -0.2) is 4.79 Å². The fourth-order valence-corrected chi connectivity index (χ4v) is 3.43. The van der Waals surface area contributed by atoms with Crippen LogP contribution < -0.4 is 4.72 Å². The maximum atomic E-state index is 12.5. The molecule has 24 heavy (non-hydrogen) atoms. The van der Waals surface area contributed by atoms with Gasteiger partial charge in [0.1, 0.15) is 0 Å². The van der Waals surface area contributed by atoms with E-state index in [-0.39, 0.29) is 6.54 Å². The number of nitrogens with zero attached hydrogens (tertiary/aromatic N) is 1. The molecule has 6 nitrogen and oxygen atoms in total.